The van der Waals surface area contributed by atoms with Gasteiger partial charge in [-0.05, 0) is 44.4 Å². The maximum Gasteiger partial charge on any atom is 0.256 e. The van der Waals surface area contributed by atoms with Crippen molar-refractivity contribution in [3.63, 3.8) is 0 Å². The van der Waals surface area contributed by atoms with E-state index in [1.54, 1.807) is 15.5 Å². The lowest BCUT2D eigenvalue weighted by Gasteiger charge is -2.38. The molecule has 4 heterocycles. The lowest BCUT2D eigenvalue weighted by Crippen LogP contribution is -2.56. The summed E-state index contributed by atoms with van der Waals surface area (Å²) in [5, 5.41) is 5.12. The zero-order valence-electron chi connectivity index (χ0n) is 19.6. The first-order chi connectivity index (χ1) is 16.6. The topological polar surface area (TPSA) is 126 Å². The SMILES string of the molecule is Cc1cn2nc([C@@H]3CCCCN3C(=O)c3cc(Cl)ccc3NS(C)(=O)=O)cc2nc1N1CC(N)C1. The van der Waals surface area contributed by atoms with Crippen LogP contribution in [-0.2, 0) is 10.0 Å². The molecule has 0 bridgehead atoms. The van der Waals surface area contributed by atoms with Crippen LogP contribution in [0.5, 0.6) is 0 Å². The van der Waals surface area contributed by atoms with Gasteiger partial charge in [0, 0.05) is 48.5 Å². The summed E-state index contributed by atoms with van der Waals surface area (Å²) in [5.41, 5.74) is 8.83. The summed E-state index contributed by atoms with van der Waals surface area (Å²) in [6, 6.07) is 6.40. The summed E-state index contributed by atoms with van der Waals surface area (Å²) >= 11 is 6.18. The number of nitrogens with zero attached hydrogens (tertiary/aromatic N) is 5. The van der Waals surface area contributed by atoms with E-state index in [2.05, 4.69) is 9.62 Å². The van der Waals surface area contributed by atoms with Crippen molar-refractivity contribution < 1.29 is 13.2 Å². The molecule has 0 unspecified atom stereocenters. The van der Waals surface area contributed by atoms with Gasteiger partial charge in [0.15, 0.2) is 5.65 Å². The van der Waals surface area contributed by atoms with Crippen LogP contribution >= 0.6 is 11.6 Å². The van der Waals surface area contributed by atoms with Crippen LogP contribution in [0.15, 0.2) is 30.5 Å². The lowest BCUT2D eigenvalue weighted by molar-refractivity contribution is 0.0607. The molecule has 1 atom stereocenters. The van der Waals surface area contributed by atoms with Crippen LogP contribution in [0, 0.1) is 6.92 Å². The normalized spacial score (nSPS) is 19.1. The van der Waals surface area contributed by atoms with Gasteiger partial charge >= 0.3 is 0 Å². The van der Waals surface area contributed by atoms with Crippen molar-refractivity contribution in [1.82, 2.24) is 19.5 Å². The molecule has 2 fully saturated rings. The van der Waals surface area contributed by atoms with Gasteiger partial charge in [0.05, 0.1) is 29.2 Å². The van der Waals surface area contributed by atoms with Crippen LogP contribution < -0.4 is 15.4 Å². The molecular weight excluding hydrogens is 490 g/mol. The Hall–Kier alpha value is -2.89. The first kappa shape index (κ1) is 23.8. The minimum Gasteiger partial charge on any atom is -0.353 e. The highest BCUT2D eigenvalue weighted by atomic mass is 35.5. The molecule has 2 saturated heterocycles. The van der Waals surface area contributed by atoms with Gasteiger partial charge in [0.2, 0.25) is 10.0 Å². The van der Waals surface area contributed by atoms with Crippen molar-refractivity contribution in [3.8, 4) is 0 Å². The molecule has 0 radical (unpaired) electrons. The number of hydrogen-bond acceptors (Lipinski definition) is 7. The predicted octanol–water partition coefficient (Wildman–Crippen LogP) is 2.58. The van der Waals surface area contributed by atoms with Crippen molar-refractivity contribution >= 4 is 44.7 Å². The van der Waals surface area contributed by atoms with E-state index in [1.807, 2.05) is 19.2 Å². The van der Waals surface area contributed by atoms with Crippen molar-refractivity contribution in [3.05, 3.63) is 52.3 Å². The number of halogens is 1. The summed E-state index contributed by atoms with van der Waals surface area (Å²) in [4.78, 5) is 22.4. The Morgan fingerprint density at radius 2 is 2.00 bits per heavy atom. The fraction of sp³-hybridized carbons (Fsp3) is 0.435. The second-order valence-electron chi connectivity index (χ2n) is 9.36. The Bertz CT molecular complexity index is 1400. The summed E-state index contributed by atoms with van der Waals surface area (Å²) < 4.78 is 27.9. The number of benzene rings is 1. The molecule has 35 heavy (non-hydrogen) atoms. The number of fused-ring (bicyclic) bond motifs is 1. The Morgan fingerprint density at radius 1 is 1.23 bits per heavy atom. The highest BCUT2D eigenvalue weighted by Gasteiger charge is 2.33. The van der Waals surface area contributed by atoms with E-state index in [9.17, 15) is 13.2 Å². The summed E-state index contributed by atoms with van der Waals surface area (Å²) in [5.74, 6) is 0.609. The Labute approximate surface area is 209 Å². The van der Waals surface area contributed by atoms with Gasteiger partial charge in [0.1, 0.15) is 5.82 Å². The van der Waals surface area contributed by atoms with Gasteiger partial charge in [-0.3, -0.25) is 9.52 Å². The average Bonchev–Trinajstić information content (AvgIpc) is 3.19. The molecule has 5 rings (SSSR count). The number of rotatable bonds is 5. The fourth-order valence-corrected chi connectivity index (χ4v) is 5.56. The van der Waals surface area contributed by atoms with E-state index in [-0.39, 0.29) is 29.2 Å². The van der Waals surface area contributed by atoms with Gasteiger partial charge in [0.25, 0.3) is 5.91 Å². The highest BCUT2D eigenvalue weighted by Crippen LogP contribution is 2.34. The van der Waals surface area contributed by atoms with Crippen LogP contribution in [-0.4, -0.2) is 65.8 Å². The van der Waals surface area contributed by atoms with E-state index in [0.717, 1.165) is 55.7 Å². The number of carbonyl (C=O) groups is 1. The minimum atomic E-state index is -3.58. The van der Waals surface area contributed by atoms with Gasteiger partial charge < -0.3 is 15.5 Å². The second-order valence-corrected chi connectivity index (χ2v) is 11.5. The number of aryl methyl sites for hydroxylation is 1. The standard InChI is InChI=1S/C23H28ClN7O3S/c1-14-11-31-21(26-22(14)29-12-16(25)13-29)10-19(27-31)20-5-3-4-8-30(20)23(32)17-9-15(24)6-7-18(17)28-35(2,33)34/h6-7,9-11,16,20,28H,3-5,8,12-13,25H2,1-2H3/t20-/m0/s1. The van der Waals surface area contributed by atoms with Gasteiger partial charge in [-0.1, -0.05) is 11.6 Å². The van der Waals surface area contributed by atoms with Crippen LogP contribution in [0.4, 0.5) is 11.5 Å². The smallest absolute Gasteiger partial charge is 0.256 e. The molecule has 0 saturated carbocycles. The number of piperidine rings is 1. The van der Waals surface area contributed by atoms with Gasteiger partial charge in [-0.2, -0.15) is 5.10 Å². The molecule has 3 N–H and O–H groups in total. The molecule has 2 aliphatic heterocycles. The Morgan fingerprint density at radius 3 is 2.71 bits per heavy atom. The Balaban J connectivity index is 1.49. The first-order valence-electron chi connectivity index (χ1n) is 11.5. The molecule has 1 amide bonds. The van der Waals surface area contributed by atoms with Gasteiger partial charge in [-0.15, -0.1) is 0 Å². The summed E-state index contributed by atoms with van der Waals surface area (Å²) in [7, 11) is -3.58. The molecular formula is C23H28ClN7O3S. The largest absolute Gasteiger partial charge is 0.353 e. The molecule has 2 aliphatic rings. The molecule has 12 heteroatoms. The van der Waals surface area contributed by atoms with E-state index in [4.69, 9.17) is 27.4 Å². The zero-order valence-corrected chi connectivity index (χ0v) is 21.2. The summed E-state index contributed by atoms with van der Waals surface area (Å²) in [6.07, 6.45) is 5.55. The molecule has 1 aromatic carbocycles. The lowest BCUT2D eigenvalue weighted by atomic mass is 9.98. The van der Waals surface area contributed by atoms with Crippen LogP contribution in [0.1, 0.15) is 46.9 Å². The van der Waals surface area contributed by atoms with Gasteiger partial charge in [-0.25, -0.2) is 17.9 Å². The van der Waals surface area contributed by atoms with E-state index in [0.29, 0.717) is 17.2 Å². The molecule has 3 aromatic rings. The number of nitrogens with two attached hydrogens (primary N) is 1. The third kappa shape index (κ3) is 4.80. The third-order valence-corrected chi connectivity index (χ3v) is 7.27. The number of nitrogens with one attached hydrogen (secondary N) is 1. The number of sulfonamides is 1. The van der Waals surface area contributed by atoms with Crippen LogP contribution in [0.25, 0.3) is 5.65 Å². The minimum absolute atomic E-state index is 0.170. The number of carbonyl (C=O) groups excluding carboxylic acids is 1. The zero-order chi connectivity index (χ0) is 24.9. The van der Waals surface area contributed by atoms with E-state index < -0.39 is 10.0 Å². The maximum absolute atomic E-state index is 13.7. The number of aromatic nitrogens is 3. The molecule has 2 aromatic heterocycles. The maximum atomic E-state index is 13.7. The Kier molecular flexibility index (Phi) is 6.10. The van der Waals surface area contributed by atoms with Crippen molar-refractivity contribution in [1.29, 1.82) is 0 Å². The predicted molar refractivity (Wildman–Crippen MR) is 135 cm³/mol. The summed E-state index contributed by atoms with van der Waals surface area (Å²) in [6.45, 7) is 4.09. The van der Waals surface area contributed by atoms with Crippen LogP contribution in [0.3, 0.4) is 0 Å². The van der Waals surface area contributed by atoms with Crippen molar-refractivity contribution in [2.75, 3.05) is 35.5 Å². The number of amides is 1. The van der Waals surface area contributed by atoms with Crippen LogP contribution in [0.2, 0.25) is 5.02 Å². The monoisotopic (exact) mass is 517 g/mol. The first-order valence-corrected chi connectivity index (χ1v) is 13.8. The average molecular weight is 518 g/mol. The molecule has 0 spiro atoms. The molecule has 186 valence electrons. The molecule has 0 aliphatic carbocycles. The highest BCUT2D eigenvalue weighted by molar-refractivity contribution is 7.92. The third-order valence-electron chi connectivity index (χ3n) is 6.45. The fourth-order valence-electron chi connectivity index (χ4n) is 4.81. The number of anilines is 2. The molecule has 10 nitrogen and oxygen atoms in total. The number of likely N-dealkylation sites (tertiary alicyclic amines) is 1. The van der Waals surface area contributed by atoms with Crippen molar-refractivity contribution in [2.24, 2.45) is 5.73 Å². The second kappa shape index (κ2) is 8.96. The quantitative estimate of drug-likeness (QED) is 0.532. The van der Waals surface area contributed by atoms with E-state index in [1.165, 1.54) is 12.1 Å². The number of hydrogen-bond donors (Lipinski definition) is 2. The van der Waals surface area contributed by atoms with E-state index >= 15 is 0 Å². The van der Waals surface area contributed by atoms with Crippen molar-refractivity contribution in [2.45, 2.75) is 38.3 Å².